The molecule has 2 N–H and O–H groups in total. The molecule has 3 aromatic carbocycles. The second-order valence-electron chi connectivity index (χ2n) is 7.00. The van der Waals surface area contributed by atoms with E-state index in [4.69, 9.17) is 11.6 Å². The Bertz CT molecular complexity index is 1370. The van der Waals surface area contributed by atoms with Crippen LogP contribution in [0.25, 0.3) is 11.3 Å². The largest absolute Gasteiger partial charge is 0.298 e. The predicted molar refractivity (Wildman–Crippen MR) is 129 cm³/mol. The highest BCUT2D eigenvalue weighted by Crippen LogP contribution is 2.26. The van der Waals surface area contributed by atoms with E-state index in [2.05, 4.69) is 15.0 Å². The number of benzene rings is 3. The van der Waals surface area contributed by atoms with E-state index in [9.17, 15) is 13.2 Å². The van der Waals surface area contributed by atoms with Crippen LogP contribution in [0.3, 0.4) is 0 Å². The molecule has 0 spiro atoms. The third kappa shape index (κ3) is 5.16. The number of aromatic nitrogens is 1. The number of nitrogens with one attached hydrogen (secondary N) is 2. The SMILES string of the molecule is Cc1ccc(-c2csc(NC(=O)c3cccc(NS(=O)(=O)c4ccc(Cl)cc4)c3)n2)cc1. The summed E-state index contributed by atoms with van der Waals surface area (Å²) in [6.07, 6.45) is 0. The fourth-order valence-electron chi connectivity index (χ4n) is 2.91. The first-order valence-electron chi connectivity index (χ1n) is 9.52. The number of anilines is 2. The van der Waals surface area contributed by atoms with Crippen LogP contribution >= 0.6 is 22.9 Å². The van der Waals surface area contributed by atoms with E-state index in [1.54, 1.807) is 18.2 Å². The van der Waals surface area contributed by atoms with Gasteiger partial charge in [0, 0.05) is 27.2 Å². The van der Waals surface area contributed by atoms with Gasteiger partial charge in [-0.2, -0.15) is 0 Å². The van der Waals surface area contributed by atoms with Gasteiger partial charge >= 0.3 is 0 Å². The number of thiazole rings is 1. The van der Waals surface area contributed by atoms with Crippen LogP contribution in [-0.4, -0.2) is 19.3 Å². The predicted octanol–water partition coefficient (Wildman–Crippen LogP) is 5.83. The van der Waals surface area contributed by atoms with Gasteiger partial charge in [0.25, 0.3) is 15.9 Å². The van der Waals surface area contributed by atoms with Crippen molar-refractivity contribution < 1.29 is 13.2 Å². The summed E-state index contributed by atoms with van der Waals surface area (Å²) in [5.41, 5.74) is 3.46. The van der Waals surface area contributed by atoms with Gasteiger partial charge in [-0.3, -0.25) is 14.8 Å². The first kappa shape index (κ1) is 22.0. The van der Waals surface area contributed by atoms with Crippen molar-refractivity contribution in [2.24, 2.45) is 0 Å². The second-order valence-corrected chi connectivity index (χ2v) is 9.98. The van der Waals surface area contributed by atoms with Gasteiger partial charge in [-0.25, -0.2) is 13.4 Å². The van der Waals surface area contributed by atoms with Crippen molar-refractivity contribution in [2.45, 2.75) is 11.8 Å². The van der Waals surface area contributed by atoms with Gasteiger partial charge in [0.05, 0.1) is 10.6 Å². The van der Waals surface area contributed by atoms with Crippen molar-refractivity contribution in [1.82, 2.24) is 4.98 Å². The summed E-state index contributed by atoms with van der Waals surface area (Å²) in [5.74, 6) is -0.387. The summed E-state index contributed by atoms with van der Waals surface area (Å²) < 4.78 is 27.6. The van der Waals surface area contributed by atoms with Crippen molar-refractivity contribution in [1.29, 1.82) is 0 Å². The summed E-state index contributed by atoms with van der Waals surface area (Å²) >= 11 is 7.14. The Morgan fingerprint density at radius 1 is 1.00 bits per heavy atom. The highest BCUT2D eigenvalue weighted by atomic mass is 35.5. The molecule has 0 saturated heterocycles. The van der Waals surface area contributed by atoms with Crippen LogP contribution in [-0.2, 0) is 10.0 Å². The van der Waals surface area contributed by atoms with Crippen LogP contribution in [0.2, 0.25) is 5.02 Å². The lowest BCUT2D eigenvalue weighted by Gasteiger charge is -2.09. The van der Waals surface area contributed by atoms with E-state index in [0.717, 1.165) is 16.8 Å². The van der Waals surface area contributed by atoms with Crippen LogP contribution in [0.5, 0.6) is 0 Å². The molecule has 0 aliphatic carbocycles. The zero-order valence-electron chi connectivity index (χ0n) is 16.9. The molecule has 0 radical (unpaired) electrons. The topological polar surface area (TPSA) is 88.2 Å². The Kier molecular flexibility index (Phi) is 6.27. The summed E-state index contributed by atoms with van der Waals surface area (Å²) in [5, 5.41) is 5.53. The number of carbonyl (C=O) groups excluding carboxylic acids is 1. The molecule has 0 aliphatic rings. The molecule has 4 aromatic rings. The quantitative estimate of drug-likeness (QED) is 0.361. The molecule has 6 nitrogen and oxygen atoms in total. The zero-order valence-corrected chi connectivity index (χ0v) is 19.3. The van der Waals surface area contributed by atoms with E-state index in [0.29, 0.717) is 15.7 Å². The molecule has 32 heavy (non-hydrogen) atoms. The van der Waals surface area contributed by atoms with Crippen molar-refractivity contribution in [3.63, 3.8) is 0 Å². The summed E-state index contributed by atoms with van der Waals surface area (Å²) in [6.45, 7) is 2.01. The van der Waals surface area contributed by atoms with Gasteiger partial charge in [0.15, 0.2) is 5.13 Å². The number of amides is 1. The molecule has 4 rings (SSSR count). The molecule has 0 bridgehead atoms. The summed E-state index contributed by atoms with van der Waals surface area (Å²) in [7, 11) is -3.81. The van der Waals surface area contributed by atoms with Crippen molar-refractivity contribution >= 4 is 49.7 Å². The van der Waals surface area contributed by atoms with Gasteiger partial charge < -0.3 is 0 Å². The first-order chi connectivity index (χ1) is 15.3. The van der Waals surface area contributed by atoms with Gasteiger partial charge in [-0.15, -0.1) is 11.3 Å². The van der Waals surface area contributed by atoms with Crippen LogP contribution in [0.1, 0.15) is 15.9 Å². The monoisotopic (exact) mass is 483 g/mol. The number of hydrogen-bond acceptors (Lipinski definition) is 5. The fourth-order valence-corrected chi connectivity index (χ4v) is 4.80. The van der Waals surface area contributed by atoms with Crippen LogP contribution < -0.4 is 10.0 Å². The number of rotatable bonds is 6. The molecule has 0 atom stereocenters. The van der Waals surface area contributed by atoms with E-state index in [1.807, 2.05) is 36.6 Å². The smallest absolute Gasteiger partial charge is 0.261 e. The average molecular weight is 484 g/mol. The lowest BCUT2D eigenvalue weighted by atomic mass is 10.1. The maximum absolute atomic E-state index is 12.7. The molecule has 9 heteroatoms. The molecule has 0 fully saturated rings. The molecule has 1 heterocycles. The van der Waals surface area contributed by atoms with Gasteiger partial charge in [-0.05, 0) is 49.4 Å². The Labute approximate surface area is 195 Å². The molecule has 0 unspecified atom stereocenters. The number of nitrogens with zero attached hydrogens (tertiary/aromatic N) is 1. The number of halogens is 1. The standard InChI is InChI=1S/C23H18ClN3O3S2/c1-15-5-7-16(8-6-15)21-14-31-23(25-21)26-22(28)17-3-2-4-19(13-17)27-32(29,30)20-11-9-18(24)10-12-20/h2-14,27H,1H3,(H,25,26,28). The minimum Gasteiger partial charge on any atom is -0.298 e. The van der Waals surface area contributed by atoms with Crippen molar-refractivity contribution in [2.75, 3.05) is 10.0 Å². The van der Waals surface area contributed by atoms with E-state index < -0.39 is 10.0 Å². The van der Waals surface area contributed by atoms with Crippen molar-refractivity contribution in [3.8, 4) is 11.3 Å². The third-order valence-electron chi connectivity index (χ3n) is 4.57. The summed E-state index contributed by atoms with van der Waals surface area (Å²) in [4.78, 5) is 17.2. The fraction of sp³-hybridized carbons (Fsp3) is 0.0435. The molecule has 162 valence electrons. The Balaban J connectivity index is 1.48. The van der Waals surface area contributed by atoms with Gasteiger partial charge in [0.1, 0.15) is 0 Å². The van der Waals surface area contributed by atoms with E-state index >= 15 is 0 Å². The third-order valence-corrected chi connectivity index (χ3v) is 6.98. The number of sulfonamides is 1. The Morgan fingerprint density at radius 3 is 2.44 bits per heavy atom. The lowest BCUT2D eigenvalue weighted by Crippen LogP contribution is -2.15. The van der Waals surface area contributed by atoms with E-state index in [-0.39, 0.29) is 16.5 Å². The molecule has 1 amide bonds. The number of hydrogen-bond donors (Lipinski definition) is 2. The molecule has 0 saturated carbocycles. The molecular weight excluding hydrogens is 466 g/mol. The maximum atomic E-state index is 12.7. The molecule has 0 aliphatic heterocycles. The van der Waals surface area contributed by atoms with Gasteiger partial charge in [-0.1, -0.05) is 47.5 Å². The zero-order chi connectivity index (χ0) is 22.7. The molecular formula is C23H18ClN3O3S2. The minimum atomic E-state index is -3.81. The highest BCUT2D eigenvalue weighted by molar-refractivity contribution is 7.92. The normalized spacial score (nSPS) is 11.2. The van der Waals surface area contributed by atoms with Crippen LogP contribution in [0.4, 0.5) is 10.8 Å². The Morgan fingerprint density at radius 2 is 1.72 bits per heavy atom. The van der Waals surface area contributed by atoms with Crippen LogP contribution in [0, 0.1) is 6.92 Å². The summed E-state index contributed by atoms with van der Waals surface area (Å²) in [6, 6.07) is 20.0. The average Bonchev–Trinajstić information content (AvgIpc) is 3.23. The van der Waals surface area contributed by atoms with Crippen LogP contribution in [0.15, 0.2) is 83.1 Å². The lowest BCUT2D eigenvalue weighted by molar-refractivity contribution is 0.102. The van der Waals surface area contributed by atoms with Gasteiger partial charge in [0.2, 0.25) is 0 Å². The number of aryl methyl sites for hydroxylation is 1. The van der Waals surface area contributed by atoms with E-state index in [1.165, 1.54) is 41.7 Å². The highest BCUT2D eigenvalue weighted by Gasteiger charge is 2.16. The Hall–Kier alpha value is -3.20. The second kappa shape index (κ2) is 9.12. The first-order valence-corrected chi connectivity index (χ1v) is 12.3. The minimum absolute atomic E-state index is 0.0724. The van der Waals surface area contributed by atoms with Crippen molar-refractivity contribution in [3.05, 3.63) is 94.3 Å². The number of carbonyl (C=O) groups is 1. The molecule has 1 aromatic heterocycles. The maximum Gasteiger partial charge on any atom is 0.261 e.